The molecular weight excluding hydrogens is 460 g/mol. The van der Waals surface area contributed by atoms with E-state index in [1.807, 2.05) is 39.8 Å². The van der Waals surface area contributed by atoms with Gasteiger partial charge in [-0.25, -0.2) is 0 Å². The van der Waals surface area contributed by atoms with Crippen LogP contribution in [-0.4, -0.2) is 72.8 Å². The lowest BCUT2D eigenvalue weighted by Gasteiger charge is -2.51. The number of hydrogen-bond acceptors (Lipinski definition) is 7. The van der Waals surface area contributed by atoms with Gasteiger partial charge in [0.2, 0.25) is 5.91 Å². The summed E-state index contributed by atoms with van der Waals surface area (Å²) in [6, 6.07) is -0.00950. The van der Waals surface area contributed by atoms with E-state index in [4.69, 9.17) is 9.47 Å². The summed E-state index contributed by atoms with van der Waals surface area (Å²) in [4.78, 5) is 39.4. The van der Waals surface area contributed by atoms with Gasteiger partial charge in [-0.3, -0.25) is 14.4 Å². The van der Waals surface area contributed by atoms with Crippen LogP contribution in [0.15, 0.2) is 0 Å². The zero-order valence-electron chi connectivity index (χ0n) is 23.1. The van der Waals surface area contributed by atoms with Gasteiger partial charge in [0.25, 0.3) is 0 Å². The van der Waals surface area contributed by atoms with Crippen LogP contribution in [0.5, 0.6) is 0 Å². The molecule has 0 spiro atoms. The Balaban J connectivity index is 1.77. The van der Waals surface area contributed by atoms with Crippen molar-refractivity contribution in [3.63, 3.8) is 0 Å². The molecule has 1 heterocycles. The number of fused-ring (bicyclic) bond motifs is 1. The number of carbonyl (C=O) groups excluding carboxylic acids is 3. The molecule has 0 aromatic carbocycles. The topological polar surface area (TPSA) is 105 Å². The van der Waals surface area contributed by atoms with Gasteiger partial charge in [-0.05, 0) is 77.8 Å². The fourth-order valence-corrected chi connectivity index (χ4v) is 6.51. The van der Waals surface area contributed by atoms with Gasteiger partial charge in [-0.15, -0.1) is 0 Å². The molecule has 0 unspecified atom stereocenters. The fourth-order valence-electron chi connectivity index (χ4n) is 6.51. The molecule has 2 N–H and O–H groups in total. The number of likely N-dealkylation sites (N-methyl/N-ethyl adjacent to an activating group) is 1. The first-order valence-electron chi connectivity index (χ1n) is 13.9. The highest BCUT2D eigenvalue weighted by Gasteiger charge is 2.49. The van der Waals surface area contributed by atoms with Crippen molar-refractivity contribution in [3.8, 4) is 0 Å². The summed E-state index contributed by atoms with van der Waals surface area (Å²) in [5, 5.41) is 13.2. The summed E-state index contributed by atoms with van der Waals surface area (Å²) >= 11 is 0. The highest BCUT2D eigenvalue weighted by molar-refractivity contribution is 5.78. The highest BCUT2D eigenvalue weighted by atomic mass is 16.6. The Morgan fingerprint density at radius 2 is 1.89 bits per heavy atom. The molecule has 8 atom stereocenters. The van der Waals surface area contributed by atoms with Crippen LogP contribution in [-0.2, 0) is 23.9 Å². The maximum Gasteiger partial charge on any atom is 0.311 e. The Morgan fingerprint density at radius 3 is 2.53 bits per heavy atom. The van der Waals surface area contributed by atoms with Gasteiger partial charge < -0.3 is 24.8 Å². The molecule has 2 saturated carbocycles. The third-order valence-corrected chi connectivity index (χ3v) is 8.87. The van der Waals surface area contributed by atoms with Crippen molar-refractivity contribution in [3.05, 3.63) is 0 Å². The van der Waals surface area contributed by atoms with Crippen molar-refractivity contribution < 1.29 is 29.0 Å². The Kier molecular flexibility index (Phi) is 9.83. The zero-order valence-corrected chi connectivity index (χ0v) is 23.1. The fraction of sp³-hybridized carbons (Fsp3) is 0.893. The van der Waals surface area contributed by atoms with Gasteiger partial charge in [-0.1, -0.05) is 20.3 Å². The Morgan fingerprint density at radius 1 is 1.17 bits per heavy atom. The van der Waals surface area contributed by atoms with Crippen LogP contribution in [0.1, 0.15) is 85.5 Å². The second kappa shape index (κ2) is 12.2. The molecule has 2 aliphatic carbocycles. The van der Waals surface area contributed by atoms with E-state index in [0.717, 1.165) is 25.7 Å². The normalized spacial score (nSPS) is 35.1. The van der Waals surface area contributed by atoms with Gasteiger partial charge in [0.15, 0.2) is 0 Å². The summed E-state index contributed by atoms with van der Waals surface area (Å²) in [6.45, 7) is 8.47. The second-order valence-electron chi connectivity index (χ2n) is 12.5. The summed E-state index contributed by atoms with van der Waals surface area (Å²) in [7, 11) is 3.76. The monoisotopic (exact) mass is 508 g/mol. The molecular formula is C28H48N2O6. The van der Waals surface area contributed by atoms with Crippen molar-refractivity contribution in [2.45, 2.75) is 110 Å². The number of aliphatic hydroxyl groups excluding tert-OH is 1. The standard InChI is InChI=1S/C28H48N2O6/c1-7-28(3,4)27(34)36-23-13-19(29-24(32)16-30(5)6)12-18-9-8-17(2)22(26(18)23)11-10-21-14-20(31)15-25(33)35-21/h17-23,26,31H,7-16H2,1-6H3,(H,29,32)/t17-,18-,19-,20+,21-,22-,23-,26-/m0/s1. The molecule has 3 fully saturated rings. The third kappa shape index (κ3) is 7.44. The largest absolute Gasteiger partial charge is 0.462 e. The van der Waals surface area contributed by atoms with E-state index >= 15 is 0 Å². The average Bonchev–Trinajstić information content (AvgIpc) is 2.77. The SMILES string of the molecule is CCC(C)(C)C(=O)O[C@H]1C[C@@H](NC(=O)CN(C)C)C[C@@H]2CC[C@H](C)[C@H](CC[C@H]3C[C@@H](O)CC(=O)O3)[C@H]21. The predicted octanol–water partition coefficient (Wildman–Crippen LogP) is 3.30. The molecule has 1 aliphatic heterocycles. The summed E-state index contributed by atoms with van der Waals surface area (Å²) in [6.07, 6.45) is 5.40. The molecule has 1 amide bonds. The van der Waals surface area contributed by atoms with E-state index in [2.05, 4.69) is 12.2 Å². The van der Waals surface area contributed by atoms with Crippen LogP contribution in [0, 0.1) is 29.1 Å². The lowest BCUT2D eigenvalue weighted by atomic mass is 9.58. The molecule has 206 valence electrons. The molecule has 0 radical (unpaired) electrons. The van der Waals surface area contributed by atoms with Gasteiger partial charge in [0.1, 0.15) is 12.2 Å². The minimum absolute atomic E-state index is 0.000754. The number of amides is 1. The number of aliphatic hydroxyl groups is 1. The van der Waals surface area contributed by atoms with E-state index in [9.17, 15) is 19.5 Å². The first-order valence-corrected chi connectivity index (χ1v) is 13.9. The third-order valence-electron chi connectivity index (χ3n) is 8.87. The number of nitrogens with one attached hydrogen (secondary N) is 1. The van der Waals surface area contributed by atoms with E-state index in [-0.39, 0.29) is 48.4 Å². The second-order valence-corrected chi connectivity index (χ2v) is 12.5. The molecule has 0 aromatic rings. The number of cyclic esters (lactones) is 1. The van der Waals surface area contributed by atoms with E-state index < -0.39 is 11.5 Å². The van der Waals surface area contributed by atoms with E-state index in [1.165, 1.54) is 0 Å². The average molecular weight is 509 g/mol. The predicted molar refractivity (Wildman–Crippen MR) is 137 cm³/mol. The first kappa shape index (κ1) is 28.9. The van der Waals surface area contributed by atoms with Crippen molar-refractivity contribution >= 4 is 17.8 Å². The minimum Gasteiger partial charge on any atom is -0.462 e. The van der Waals surface area contributed by atoms with Crippen LogP contribution in [0.25, 0.3) is 0 Å². The van der Waals surface area contributed by atoms with Crippen molar-refractivity contribution in [1.82, 2.24) is 10.2 Å². The van der Waals surface area contributed by atoms with Gasteiger partial charge in [-0.2, -0.15) is 0 Å². The Labute approximate surface area is 216 Å². The highest BCUT2D eigenvalue weighted by Crippen LogP contribution is 2.49. The molecule has 0 bridgehead atoms. The van der Waals surface area contributed by atoms with Crippen LogP contribution in [0.2, 0.25) is 0 Å². The quantitative estimate of drug-likeness (QED) is 0.461. The van der Waals surface area contributed by atoms with Gasteiger partial charge in [0.05, 0.1) is 24.5 Å². The maximum absolute atomic E-state index is 13.2. The van der Waals surface area contributed by atoms with Crippen LogP contribution in [0.4, 0.5) is 0 Å². The van der Waals surface area contributed by atoms with Crippen molar-refractivity contribution in [2.75, 3.05) is 20.6 Å². The minimum atomic E-state index is -0.626. The smallest absolute Gasteiger partial charge is 0.311 e. The summed E-state index contributed by atoms with van der Waals surface area (Å²) in [5.74, 6) is 0.897. The molecule has 36 heavy (non-hydrogen) atoms. The lowest BCUT2D eigenvalue weighted by Crippen LogP contribution is -2.54. The Bertz CT molecular complexity index is 784. The molecule has 3 aliphatic rings. The zero-order chi connectivity index (χ0) is 26.6. The molecule has 0 aromatic heterocycles. The molecule has 3 rings (SSSR count). The van der Waals surface area contributed by atoms with Crippen LogP contribution in [0.3, 0.4) is 0 Å². The van der Waals surface area contributed by atoms with Crippen molar-refractivity contribution in [2.24, 2.45) is 29.1 Å². The van der Waals surface area contributed by atoms with Crippen LogP contribution >= 0.6 is 0 Å². The number of ether oxygens (including phenoxy) is 2. The Hall–Kier alpha value is -1.67. The number of esters is 2. The van der Waals surface area contributed by atoms with Crippen molar-refractivity contribution in [1.29, 1.82) is 0 Å². The number of nitrogens with zero attached hydrogens (tertiary/aromatic N) is 1. The lowest BCUT2D eigenvalue weighted by molar-refractivity contribution is -0.173. The molecule has 1 saturated heterocycles. The van der Waals surface area contributed by atoms with Gasteiger partial charge >= 0.3 is 11.9 Å². The maximum atomic E-state index is 13.2. The molecule has 8 nitrogen and oxygen atoms in total. The molecule has 8 heteroatoms. The number of rotatable bonds is 9. The van der Waals surface area contributed by atoms with Crippen LogP contribution < -0.4 is 5.32 Å². The van der Waals surface area contributed by atoms with E-state index in [1.54, 1.807) is 0 Å². The first-order chi connectivity index (χ1) is 16.9. The van der Waals surface area contributed by atoms with Gasteiger partial charge in [0, 0.05) is 24.8 Å². The summed E-state index contributed by atoms with van der Waals surface area (Å²) < 4.78 is 11.8. The van der Waals surface area contributed by atoms with E-state index in [0.29, 0.717) is 50.0 Å². The number of carbonyl (C=O) groups is 3. The summed E-state index contributed by atoms with van der Waals surface area (Å²) in [5.41, 5.74) is -0.557. The number of hydrogen-bond donors (Lipinski definition) is 2.